The number of ether oxygens (including phenoxy) is 1. The Labute approximate surface area is 123 Å². The average molecular weight is 285 g/mol. The number of carbonyl (C=O) groups excluding carboxylic acids is 1. The predicted molar refractivity (Wildman–Crippen MR) is 82.8 cm³/mol. The molecule has 1 fully saturated rings. The summed E-state index contributed by atoms with van der Waals surface area (Å²) in [7, 11) is 1.63. The van der Waals surface area contributed by atoms with Crippen molar-refractivity contribution < 1.29 is 9.53 Å². The standard InChI is InChI=1S/C16H19N3O2/c1-10-7-12(3-6-15(10)21-2)18-16(20)14-8-11(17)9-19(14)13-4-5-13/h3,6-9,13H,4-5,17H2,1-2H3,(H,18,20). The molecule has 5 heteroatoms. The van der Waals surface area contributed by atoms with Gasteiger partial charge in [-0.05, 0) is 49.6 Å². The summed E-state index contributed by atoms with van der Waals surface area (Å²) in [5, 5.41) is 2.92. The summed E-state index contributed by atoms with van der Waals surface area (Å²) in [5.41, 5.74) is 8.79. The van der Waals surface area contributed by atoms with Gasteiger partial charge in [-0.15, -0.1) is 0 Å². The number of nitrogens with zero attached hydrogens (tertiary/aromatic N) is 1. The zero-order valence-electron chi connectivity index (χ0n) is 12.2. The van der Waals surface area contributed by atoms with Crippen LogP contribution in [0.15, 0.2) is 30.5 Å². The number of nitrogen functional groups attached to an aromatic ring is 1. The van der Waals surface area contributed by atoms with Gasteiger partial charge in [-0.1, -0.05) is 0 Å². The predicted octanol–water partition coefficient (Wildman–Crippen LogP) is 2.97. The molecule has 0 saturated heterocycles. The molecule has 2 aromatic rings. The van der Waals surface area contributed by atoms with E-state index in [0.717, 1.165) is 29.8 Å². The van der Waals surface area contributed by atoms with Crippen molar-refractivity contribution in [2.75, 3.05) is 18.2 Å². The Morgan fingerprint density at radius 2 is 2.14 bits per heavy atom. The van der Waals surface area contributed by atoms with Crippen LogP contribution in [0, 0.1) is 6.92 Å². The van der Waals surface area contributed by atoms with Crippen LogP contribution in [0.4, 0.5) is 11.4 Å². The molecule has 110 valence electrons. The highest BCUT2D eigenvalue weighted by atomic mass is 16.5. The molecule has 1 aromatic heterocycles. The monoisotopic (exact) mass is 285 g/mol. The zero-order valence-corrected chi connectivity index (χ0v) is 12.2. The zero-order chi connectivity index (χ0) is 15.0. The van der Waals surface area contributed by atoms with Crippen LogP contribution in [0.3, 0.4) is 0 Å². The van der Waals surface area contributed by atoms with Crippen LogP contribution in [0.2, 0.25) is 0 Å². The number of aryl methyl sites for hydroxylation is 1. The van der Waals surface area contributed by atoms with E-state index in [9.17, 15) is 4.79 Å². The lowest BCUT2D eigenvalue weighted by atomic mass is 10.2. The molecule has 1 heterocycles. The molecular formula is C16H19N3O2. The van der Waals surface area contributed by atoms with Crippen molar-refractivity contribution in [1.29, 1.82) is 0 Å². The molecule has 5 nitrogen and oxygen atoms in total. The number of hydrogen-bond acceptors (Lipinski definition) is 3. The van der Waals surface area contributed by atoms with Gasteiger partial charge in [-0.2, -0.15) is 0 Å². The summed E-state index contributed by atoms with van der Waals surface area (Å²) in [6.07, 6.45) is 4.05. The Balaban J connectivity index is 1.81. The van der Waals surface area contributed by atoms with Gasteiger partial charge in [0.1, 0.15) is 11.4 Å². The van der Waals surface area contributed by atoms with Gasteiger partial charge in [0, 0.05) is 17.9 Å². The van der Waals surface area contributed by atoms with Crippen molar-refractivity contribution in [1.82, 2.24) is 4.57 Å². The minimum absolute atomic E-state index is 0.136. The summed E-state index contributed by atoms with van der Waals surface area (Å²) < 4.78 is 7.19. The second kappa shape index (κ2) is 5.16. The first-order chi connectivity index (χ1) is 10.1. The van der Waals surface area contributed by atoms with Crippen molar-refractivity contribution in [2.45, 2.75) is 25.8 Å². The van der Waals surface area contributed by atoms with Crippen LogP contribution in [-0.2, 0) is 0 Å². The van der Waals surface area contributed by atoms with E-state index in [1.165, 1.54) is 0 Å². The molecule has 1 aliphatic carbocycles. The molecular weight excluding hydrogens is 266 g/mol. The van der Waals surface area contributed by atoms with E-state index in [1.54, 1.807) is 13.2 Å². The van der Waals surface area contributed by atoms with Gasteiger partial charge in [-0.25, -0.2) is 0 Å². The van der Waals surface area contributed by atoms with Crippen LogP contribution in [0.1, 0.15) is 34.9 Å². The molecule has 0 bridgehead atoms. The summed E-state index contributed by atoms with van der Waals surface area (Å²) in [6, 6.07) is 7.71. The van der Waals surface area contributed by atoms with Crippen molar-refractivity contribution in [3.8, 4) is 5.75 Å². The highest BCUT2D eigenvalue weighted by Gasteiger charge is 2.27. The molecule has 1 aromatic carbocycles. The number of benzene rings is 1. The van der Waals surface area contributed by atoms with Gasteiger partial charge in [0.2, 0.25) is 0 Å². The topological polar surface area (TPSA) is 69.3 Å². The van der Waals surface area contributed by atoms with E-state index in [-0.39, 0.29) is 5.91 Å². The van der Waals surface area contributed by atoms with Crippen LogP contribution < -0.4 is 15.8 Å². The first-order valence-corrected chi connectivity index (χ1v) is 7.02. The third-order valence-corrected chi connectivity index (χ3v) is 3.70. The molecule has 3 rings (SSSR count). The molecule has 1 amide bonds. The smallest absolute Gasteiger partial charge is 0.272 e. The Hall–Kier alpha value is -2.43. The molecule has 3 N–H and O–H groups in total. The molecule has 0 atom stereocenters. The first-order valence-electron chi connectivity index (χ1n) is 7.02. The average Bonchev–Trinajstić information content (AvgIpc) is 3.21. The second-order valence-corrected chi connectivity index (χ2v) is 5.44. The highest BCUT2D eigenvalue weighted by Crippen LogP contribution is 2.37. The fraction of sp³-hybridized carbons (Fsp3) is 0.312. The van der Waals surface area contributed by atoms with Crippen LogP contribution >= 0.6 is 0 Å². The van der Waals surface area contributed by atoms with Crippen molar-refractivity contribution in [3.05, 3.63) is 41.7 Å². The Bertz CT molecular complexity index is 687. The number of methoxy groups -OCH3 is 1. The molecule has 1 aliphatic rings. The van der Waals surface area contributed by atoms with E-state index >= 15 is 0 Å². The third kappa shape index (κ3) is 2.72. The molecule has 1 saturated carbocycles. The largest absolute Gasteiger partial charge is 0.496 e. The maximum atomic E-state index is 12.4. The van der Waals surface area contributed by atoms with Gasteiger partial charge in [0.25, 0.3) is 5.91 Å². The fourth-order valence-corrected chi connectivity index (χ4v) is 2.49. The lowest BCUT2D eigenvalue weighted by molar-refractivity contribution is 0.101. The van der Waals surface area contributed by atoms with Crippen LogP contribution in [0.25, 0.3) is 0 Å². The molecule has 0 aliphatic heterocycles. The number of hydrogen-bond donors (Lipinski definition) is 2. The summed E-state index contributed by atoms with van der Waals surface area (Å²) in [5.74, 6) is 0.668. The number of anilines is 2. The lowest BCUT2D eigenvalue weighted by Gasteiger charge is -2.10. The summed E-state index contributed by atoms with van der Waals surface area (Å²) in [6.45, 7) is 1.94. The number of nitrogens with two attached hydrogens (primary N) is 1. The summed E-state index contributed by atoms with van der Waals surface area (Å²) in [4.78, 5) is 12.4. The summed E-state index contributed by atoms with van der Waals surface area (Å²) >= 11 is 0. The molecule has 0 spiro atoms. The van der Waals surface area contributed by atoms with Crippen LogP contribution in [0.5, 0.6) is 5.75 Å². The maximum absolute atomic E-state index is 12.4. The number of nitrogens with one attached hydrogen (secondary N) is 1. The van der Waals surface area contributed by atoms with Crippen molar-refractivity contribution in [3.63, 3.8) is 0 Å². The SMILES string of the molecule is COc1ccc(NC(=O)c2cc(N)cn2C2CC2)cc1C. The highest BCUT2D eigenvalue weighted by molar-refractivity contribution is 6.04. The third-order valence-electron chi connectivity index (χ3n) is 3.70. The van der Waals surface area contributed by atoms with Gasteiger partial charge >= 0.3 is 0 Å². The molecule has 0 unspecified atom stereocenters. The van der Waals surface area contributed by atoms with Gasteiger partial charge in [0.15, 0.2) is 0 Å². The quantitative estimate of drug-likeness (QED) is 0.907. The number of carbonyl (C=O) groups is 1. The number of amides is 1. The van der Waals surface area contributed by atoms with E-state index in [4.69, 9.17) is 10.5 Å². The van der Waals surface area contributed by atoms with E-state index in [2.05, 4.69) is 5.32 Å². The van der Waals surface area contributed by atoms with Gasteiger partial charge < -0.3 is 20.4 Å². The minimum Gasteiger partial charge on any atom is -0.496 e. The molecule has 21 heavy (non-hydrogen) atoms. The lowest BCUT2D eigenvalue weighted by Crippen LogP contribution is -2.16. The van der Waals surface area contributed by atoms with Crippen molar-refractivity contribution in [2.24, 2.45) is 0 Å². The van der Waals surface area contributed by atoms with Crippen molar-refractivity contribution >= 4 is 17.3 Å². The second-order valence-electron chi connectivity index (χ2n) is 5.44. The Morgan fingerprint density at radius 3 is 2.76 bits per heavy atom. The first kappa shape index (κ1) is 13.5. The Morgan fingerprint density at radius 1 is 1.38 bits per heavy atom. The number of aromatic nitrogens is 1. The molecule has 0 radical (unpaired) electrons. The van der Waals surface area contributed by atoms with Gasteiger partial charge in [0.05, 0.1) is 12.8 Å². The maximum Gasteiger partial charge on any atom is 0.272 e. The van der Waals surface area contributed by atoms with E-state index < -0.39 is 0 Å². The Kier molecular flexibility index (Phi) is 3.33. The normalized spacial score (nSPS) is 14.0. The minimum atomic E-state index is -0.136. The number of rotatable bonds is 4. The van der Waals surface area contributed by atoms with Gasteiger partial charge in [-0.3, -0.25) is 4.79 Å². The fourth-order valence-electron chi connectivity index (χ4n) is 2.49. The van der Waals surface area contributed by atoms with Crippen LogP contribution in [-0.4, -0.2) is 17.6 Å². The van der Waals surface area contributed by atoms with E-state index in [0.29, 0.717) is 17.4 Å². The van der Waals surface area contributed by atoms with E-state index in [1.807, 2.05) is 35.9 Å².